The Morgan fingerprint density at radius 2 is 2.38 bits per heavy atom. The largest absolute Gasteiger partial charge is 0.384 e. The van der Waals surface area contributed by atoms with E-state index in [2.05, 4.69) is 27.1 Å². The van der Waals surface area contributed by atoms with Gasteiger partial charge in [-0.15, -0.1) is 0 Å². The lowest BCUT2D eigenvalue weighted by Crippen LogP contribution is -2.28. The van der Waals surface area contributed by atoms with Gasteiger partial charge < -0.3 is 15.4 Å². The van der Waals surface area contributed by atoms with Gasteiger partial charge in [-0.05, 0) is 25.1 Å². The molecule has 6 heteroatoms. The quantitative estimate of drug-likeness (QED) is 0.746. The first-order valence-corrected chi connectivity index (χ1v) is 6.31. The fourth-order valence-corrected chi connectivity index (χ4v) is 1.78. The topological polar surface area (TPSA) is 78.0 Å². The maximum atomic E-state index is 13.8. The predicted octanol–water partition coefficient (Wildman–Crippen LogP) is 1.38. The third-order valence-corrected chi connectivity index (χ3v) is 2.80. The summed E-state index contributed by atoms with van der Waals surface area (Å²) in [5, 5.41) is 11.3. The number of rotatable bonds is 3. The summed E-state index contributed by atoms with van der Waals surface area (Å²) in [6.45, 7) is 1.44. The molecule has 108 valence electrons. The molecule has 0 aliphatic carbocycles. The number of aliphatic hydroxyl groups excluding tert-OH is 1. The number of halogens is 1. The minimum atomic E-state index is -0.631. The second-order valence-corrected chi connectivity index (χ2v) is 4.32. The van der Waals surface area contributed by atoms with E-state index in [9.17, 15) is 9.18 Å². The maximum Gasteiger partial charge on any atom is 0.254 e. The molecule has 3 N–H and O–H groups in total. The Kier molecular flexibility index (Phi) is 4.69. The van der Waals surface area contributed by atoms with Crippen LogP contribution in [0.2, 0.25) is 0 Å². The van der Waals surface area contributed by atoms with Crippen LogP contribution in [0.4, 0.5) is 4.39 Å². The van der Waals surface area contributed by atoms with Crippen molar-refractivity contribution in [2.45, 2.75) is 13.0 Å². The molecule has 1 atom stereocenters. The normalized spacial score (nSPS) is 11.4. The first-order chi connectivity index (χ1) is 10.1. The van der Waals surface area contributed by atoms with Gasteiger partial charge in [0.2, 0.25) is 0 Å². The van der Waals surface area contributed by atoms with Gasteiger partial charge in [-0.25, -0.2) is 9.37 Å². The lowest BCUT2D eigenvalue weighted by Gasteiger charge is -2.12. The van der Waals surface area contributed by atoms with Gasteiger partial charge in [0.05, 0.1) is 11.6 Å². The van der Waals surface area contributed by atoms with Crippen molar-refractivity contribution in [3.63, 3.8) is 0 Å². The van der Waals surface area contributed by atoms with E-state index in [1.807, 2.05) is 0 Å². The van der Waals surface area contributed by atoms with E-state index in [1.54, 1.807) is 19.3 Å². The number of amides is 1. The summed E-state index contributed by atoms with van der Waals surface area (Å²) in [7, 11) is 0. The summed E-state index contributed by atoms with van der Waals surface area (Å²) in [6.07, 6.45) is 3.22. The summed E-state index contributed by atoms with van der Waals surface area (Å²) in [4.78, 5) is 19.0. The highest BCUT2D eigenvalue weighted by Crippen LogP contribution is 2.13. The minimum Gasteiger partial charge on any atom is -0.384 e. The van der Waals surface area contributed by atoms with Crippen LogP contribution < -0.4 is 5.32 Å². The molecule has 1 aromatic carbocycles. The SMILES string of the molecule is CC(NC(=O)c1cc(C#CCO)ccc1F)c1ncc[nH]1. The summed E-state index contributed by atoms with van der Waals surface area (Å²) in [5.41, 5.74) is 0.361. The molecule has 0 fully saturated rings. The maximum absolute atomic E-state index is 13.8. The second-order valence-electron chi connectivity index (χ2n) is 4.32. The van der Waals surface area contributed by atoms with Gasteiger partial charge in [-0.1, -0.05) is 11.8 Å². The number of carbonyl (C=O) groups excluding carboxylic acids is 1. The molecule has 1 aromatic heterocycles. The van der Waals surface area contributed by atoms with Crippen LogP contribution in [-0.2, 0) is 0 Å². The lowest BCUT2D eigenvalue weighted by molar-refractivity contribution is 0.0934. The van der Waals surface area contributed by atoms with Crippen LogP contribution in [0.15, 0.2) is 30.6 Å². The van der Waals surface area contributed by atoms with Crippen molar-refractivity contribution in [1.82, 2.24) is 15.3 Å². The standard InChI is InChI=1S/C15H14FN3O2/c1-10(14-17-6-7-18-14)19-15(21)12-9-11(3-2-8-20)4-5-13(12)16/h4-7,9-10,20H,8H2,1H3,(H,17,18)(H,19,21). The summed E-state index contributed by atoms with van der Waals surface area (Å²) >= 11 is 0. The molecule has 0 aliphatic heterocycles. The first-order valence-electron chi connectivity index (χ1n) is 6.31. The predicted molar refractivity (Wildman–Crippen MR) is 74.8 cm³/mol. The van der Waals surface area contributed by atoms with Crippen molar-refractivity contribution in [3.05, 3.63) is 53.4 Å². The Morgan fingerprint density at radius 3 is 3.05 bits per heavy atom. The average molecular weight is 287 g/mol. The van der Waals surface area contributed by atoms with Crippen molar-refractivity contribution >= 4 is 5.91 Å². The Balaban J connectivity index is 2.18. The van der Waals surface area contributed by atoms with Crippen LogP contribution >= 0.6 is 0 Å². The van der Waals surface area contributed by atoms with E-state index in [0.717, 1.165) is 0 Å². The molecule has 1 amide bonds. The van der Waals surface area contributed by atoms with Crippen LogP contribution in [0, 0.1) is 17.7 Å². The van der Waals surface area contributed by atoms with Crippen LogP contribution in [0.1, 0.15) is 34.7 Å². The van der Waals surface area contributed by atoms with Gasteiger partial charge in [0.25, 0.3) is 5.91 Å². The zero-order valence-electron chi connectivity index (χ0n) is 11.4. The molecule has 0 radical (unpaired) electrons. The highest BCUT2D eigenvalue weighted by atomic mass is 19.1. The minimum absolute atomic E-state index is 0.0989. The number of aromatic amines is 1. The summed E-state index contributed by atoms with van der Waals surface area (Å²) < 4.78 is 13.8. The summed E-state index contributed by atoms with van der Waals surface area (Å²) in [5.74, 6) is 4.48. The van der Waals surface area contributed by atoms with Crippen molar-refractivity contribution in [2.24, 2.45) is 0 Å². The Bertz CT molecular complexity index is 687. The number of H-pyrrole nitrogens is 1. The van der Waals surface area contributed by atoms with Gasteiger partial charge in [-0.2, -0.15) is 0 Å². The van der Waals surface area contributed by atoms with Gasteiger partial charge in [-0.3, -0.25) is 4.79 Å². The molecular weight excluding hydrogens is 273 g/mol. The molecule has 0 bridgehead atoms. The number of imidazole rings is 1. The van der Waals surface area contributed by atoms with E-state index < -0.39 is 11.7 Å². The van der Waals surface area contributed by atoms with Crippen LogP contribution in [0.3, 0.4) is 0 Å². The fourth-order valence-electron chi connectivity index (χ4n) is 1.78. The number of hydrogen-bond donors (Lipinski definition) is 3. The van der Waals surface area contributed by atoms with Crippen molar-refractivity contribution in [3.8, 4) is 11.8 Å². The first kappa shape index (κ1) is 14.8. The number of carbonyl (C=O) groups is 1. The molecule has 2 rings (SSSR count). The molecule has 5 nitrogen and oxygen atoms in total. The van der Waals surface area contributed by atoms with E-state index in [0.29, 0.717) is 11.4 Å². The van der Waals surface area contributed by atoms with Gasteiger partial charge in [0, 0.05) is 18.0 Å². The van der Waals surface area contributed by atoms with Crippen molar-refractivity contribution in [1.29, 1.82) is 0 Å². The Morgan fingerprint density at radius 1 is 1.57 bits per heavy atom. The smallest absolute Gasteiger partial charge is 0.254 e. The number of nitrogens with zero attached hydrogens (tertiary/aromatic N) is 1. The Labute approximate surface area is 121 Å². The van der Waals surface area contributed by atoms with E-state index in [1.165, 1.54) is 18.2 Å². The number of benzene rings is 1. The Hall–Kier alpha value is -2.65. The zero-order valence-corrected chi connectivity index (χ0v) is 11.4. The molecule has 21 heavy (non-hydrogen) atoms. The number of nitrogens with one attached hydrogen (secondary N) is 2. The third kappa shape index (κ3) is 3.68. The average Bonchev–Trinajstić information content (AvgIpc) is 3.00. The highest BCUT2D eigenvalue weighted by Gasteiger charge is 2.16. The summed E-state index contributed by atoms with van der Waals surface area (Å²) in [6, 6.07) is 3.60. The van der Waals surface area contributed by atoms with Crippen LogP contribution in [-0.4, -0.2) is 27.6 Å². The molecule has 0 aliphatic rings. The van der Waals surface area contributed by atoms with Gasteiger partial charge in [0.1, 0.15) is 18.2 Å². The van der Waals surface area contributed by atoms with E-state index in [4.69, 9.17) is 5.11 Å². The molecule has 0 saturated carbocycles. The van der Waals surface area contributed by atoms with Gasteiger partial charge in [0.15, 0.2) is 0 Å². The monoisotopic (exact) mass is 287 g/mol. The molecule has 0 saturated heterocycles. The molecule has 0 spiro atoms. The molecular formula is C15H14FN3O2. The zero-order chi connectivity index (χ0) is 15.2. The molecule has 1 unspecified atom stereocenters. The third-order valence-electron chi connectivity index (χ3n) is 2.80. The van der Waals surface area contributed by atoms with Crippen LogP contribution in [0.5, 0.6) is 0 Å². The molecule has 2 aromatic rings. The van der Waals surface area contributed by atoms with Crippen LogP contribution in [0.25, 0.3) is 0 Å². The fraction of sp³-hybridized carbons (Fsp3) is 0.200. The highest BCUT2D eigenvalue weighted by molar-refractivity contribution is 5.95. The van der Waals surface area contributed by atoms with Gasteiger partial charge >= 0.3 is 0 Å². The van der Waals surface area contributed by atoms with Crippen molar-refractivity contribution < 1.29 is 14.3 Å². The second kappa shape index (κ2) is 6.68. The number of aromatic nitrogens is 2. The van der Waals surface area contributed by atoms with E-state index >= 15 is 0 Å². The van der Waals surface area contributed by atoms with Crippen molar-refractivity contribution in [2.75, 3.05) is 6.61 Å². The van der Waals surface area contributed by atoms with E-state index in [-0.39, 0.29) is 18.2 Å². The molecule has 1 heterocycles. The lowest BCUT2D eigenvalue weighted by atomic mass is 10.1. The number of aliphatic hydroxyl groups is 1. The number of hydrogen-bond acceptors (Lipinski definition) is 3.